The fourth-order valence-electron chi connectivity index (χ4n) is 7.88. The number of hydrogen-bond donors (Lipinski definition) is 3. The molecule has 0 aromatic heterocycles. The van der Waals surface area contributed by atoms with Gasteiger partial charge in [0.2, 0.25) is 5.91 Å². The second-order valence-corrected chi connectivity index (χ2v) is 17.9. The van der Waals surface area contributed by atoms with Crippen molar-refractivity contribution in [3.63, 3.8) is 0 Å². The van der Waals surface area contributed by atoms with Gasteiger partial charge in [-0.3, -0.25) is 4.79 Å². The van der Waals surface area contributed by atoms with Crippen molar-refractivity contribution >= 4 is 5.91 Å². The Hall–Kier alpha value is -2.43. The molecule has 0 aliphatic carbocycles. The molecule has 2 unspecified atom stereocenters. The largest absolute Gasteiger partial charge is 0.394 e. The quantitative estimate of drug-likeness (QED) is 0.0422. The van der Waals surface area contributed by atoms with Crippen LogP contribution in [0.2, 0.25) is 0 Å². The second kappa shape index (κ2) is 52.9. The van der Waals surface area contributed by atoms with Crippen LogP contribution >= 0.6 is 0 Å². The highest BCUT2D eigenvalue weighted by Crippen LogP contribution is 2.17. The third-order valence-electron chi connectivity index (χ3n) is 11.9. The van der Waals surface area contributed by atoms with Crippen LogP contribution in [0.4, 0.5) is 0 Å². The number of rotatable bonds is 48. The number of aliphatic hydroxyl groups is 2. The van der Waals surface area contributed by atoms with Crippen LogP contribution in [0, 0.1) is 0 Å². The lowest BCUT2D eigenvalue weighted by Crippen LogP contribution is -2.45. The minimum Gasteiger partial charge on any atom is -0.394 e. The van der Waals surface area contributed by atoms with Crippen LogP contribution in [-0.4, -0.2) is 34.9 Å². The first-order valence-electron chi connectivity index (χ1n) is 26.8. The Morgan fingerprint density at radius 1 is 0.403 bits per heavy atom. The summed E-state index contributed by atoms with van der Waals surface area (Å²) in [5.41, 5.74) is 0. The Kier molecular flexibility index (Phi) is 50.8. The summed E-state index contributed by atoms with van der Waals surface area (Å²) in [6.07, 6.45) is 77.1. The van der Waals surface area contributed by atoms with Crippen LogP contribution in [0.1, 0.15) is 258 Å². The smallest absolute Gasteiger partial charge is 0.220 e. The van der Waals surface area contributed by atoms with E-state index in [1.807, 2.05) is 0 Å². The summed E-state index contributed by atoms with van der Waals surface area (Å²) in [5.74, 6) is -0.0892. The molecular formula is C58H103NO3. The lowest BCUT2D eigenvalue weighted by Gasteiger charge is -2.22. The van der Waals surface area contributed by atoms with Gasteiger partial charge in [0.1, 0.15) is 0 Å². The Bertz CT molecular complexity index is 1110. The molecule has 4 heteroatoms. The average Bonchev–Trinajstić information content (AvgIpc) is 3.28. The maximum absolute atomic E-state index is 12.4. The van der Waals surface area contributed by atoms with Crippen LogP contribution in [0.25, 0.3) is 0 Å². The number of allylic oxidation sites excluding steroid dienone is 14. The van der Waals surface area contributed by atoms with Gasteiger partial charge in [0.15, 0.2) is 0 Å². The van der Waals surface area contributed by atoms with Crippen molar-refractivity contribution in [2.24, 2.45) is 0 Å². The molecule has 0 aliphatic heterocycles. The number of hydrogen-bond acceptors (Lipinski definition) is 3. The SMILES string of the molecule is CC/C=C\C/C=C\C/C=C\C/C=C\C/C=C\C/C=C\C/C=C\CCCC(=O)NC(CO)C(O)CCCCCCCCCCCCCCCCCCCCCCCCCCCCC. The second-order valence-electron chi connectivity index (χ2n) is 17.9. The molecule has 0 aliphatic rings. The number of carbonyl (C=O) groups excluding carboxylic acids is 1. The molecule has 2 atom stereocenters. The number of unbranched alkanes of at least 4 members (excludes halogenated alkanes) is 27. The highest BCUT2D eigenvalue weighted by molar-refractivity contribution is 5.76. The van der Waals surface area contributed by atoms with Gasteiger partial charge in [-0.15, -0.1) is 0 Å². The van der Waals surface area contributed by atoms with E-state index in [0.717, 1.165) is 70.6 Å². The number of amides is 1. The van der Waals surface area contributed by atoms with Crippen LogP contribution < -0.4 is 5.32 Å². The minimum absolute atomic E-state index is 0.0892. The minimum atomic E-state index is -0.690. The molecule has 0 spiro atoms. The van der Waals surface area contributed by atoms with E-state index < -0.39 is 12.1 Å². The fourth-order valence-corrected chi connectivity index (χ4v) is 7.88. The highest BCUT2D eigenvalue weighted by atomic mass is 16.3. The Morgan fingerprint density at radius 3 is 1.00 bits per heavy atom. The van der Waals surface area contributed by atoms with E-state index in [4.69, 9.17) is 0 Å². The number of nitrogens with one attached hydrogen (secondary N) is 1. The van der Waals surface area contributed by atoms with E-state index in [-0.39, 0.29) is 12.5 Å². The zero-order chi connectivity index (χ0) is 44.9. The van der Waals surface area contributed by atoms with Crippen LogP contribution in [0.3, 0.4) is 0 Å². The van der Waals surface area contributed by atoms with Gasteiger partial charge in [-0.2, -0.15) is 0 Å². The van der Waals surface area contributed by atoms with E-state index >= 15 is 0 Å². The Labute approximate surface area is 386 Å². The zero-order valence-electron chi connectivity index (χ0n) is 41.1. The Balaban J connectivity index is 3.58. The first kappa shape index (κ1) is 59.6. The molecule has 1 amide bonds. The molecule has 0 aromatic rings. The average molecular weight is 862 g/mol. The monoisotopic (exact) mass is 862 g/mol. The van der Waals surface area contributed by atoms with Gasteiger partial charge in [-0.25, -0.2) is 0 Å². The lowest BCUT2D eigenvalue weighted by atomic mass is 10.0. The van der Waals surface area contributed by atoms with E-state index in [0.29, 0.717) is 12.8 Å². The number of carbonyl (C=O) groups is 1. The van der Waals surface area contributed by atoms with Crippen LogP contribution in [0.5, 0.6) is 0 Å². The summed E-state index contributed by atoms with van der Waals surface area (Å²) in [7, 11) is 0. The third-order valence-corrected chi connectivity index (χ3v) is 11.9. The summed E-state index contributed by atoms with van der Waals surface area (Å²) in [6, 6.07) is -0.574. The highest BCUT2D eigenvalue weighted by Gasteiger charge is 2.19. The van der Waals surface area contributed by atoms with Crippen molar-refractivity contribution in [3.8, 4) is 0 Å². The van der Waals surface area contributed by atoms with Crippen molar-refractivity contribution in [1.29, 1.82) is 0 Å². The summed E-state index contributed by atoms with van der Waals surface area (Å²) < 4.78 is 0. The fraction of sp³-hybridized carbons (Fsp3) is 0.741. The van der Waals surface area contributed by atoms with Gasteiger partial charge >= 0.3 is 0 Å². The normalized spacial score (nSPS) is 13.5. The predicted molar refractivity (Wildman–Crippen MR) is 276 cm³/mol. The van der Waals surface area contributed by atoms with Crippen molar-refractivity contribution < 1.29 is 15.0 Å². The molecule has 358 valence electrons. The Morgan fingerprint density at radius 2 is 0.694 bits per heavy atom. The molecule has 0 radical (unpaired) electrons. The van der Waals surface area contributed by atoms with Gasteiger partial charge in [-0.05, 0) is 64.2 Å². The molecule has 0 saturated carbocycles. The van der Waals surface area contributed by atoms with Gasteiger partial charge in [0.05, 0.1) is 18.8 Å². The lowest BCUT2D eigenvalue weighted by molar-refractivity contribution is -0.123. The standard InChI is InChI=1S/C58H103NO3/c1-3-5-7-9-11-13-15-17-19-21-23-25-27-28-29-30-32-33-35-37-39-41-43-45-47-49-51-53-57(61)56(55-60)59-58(62)54-52-50-48-46-44-42-40-38-36-34-31-26-24-22-20-18-16-14-12-10-8-6-4-2/h6,8,12,14,18,20,24,26,34,36,40,42,46,48,56-57,60-61H,3-5,7,9-11,13,15-17,19,21-23,25,27-33,35,37-39,41,43-45,47,49-55H2,1-2H3,(H,59,62)/b8-6-,14-12-,20-18-,26-24-,36-34-,42-40-,48-46-. The molecule has 3 N–H and O–H groups in total. The van der Waals surface area contributed by atoms with Crippen molar-refractivity contribution in [2.45, 2.75) is 270 Å². The number of aliphatic hydroxyl groups excluding tert-OH is 2. The molecule has 0 rings (SSSR count). The summed E-state index contributed by atoms with van der Waals surface area (Å²) in [4.78, 5) is 12.4. The predicted octanol–water partition coefficient (Wildman–Crippen LogP) is 17.6. The molecule has 4 nitrogen and oxygen atoms in total. The van der Waals surface area contributed by atoms with Crippen LogP contribution in [0.15, 0.2) is 85.1 Å². The van der Waals surface area contributed by atoms with Gasteiger partial charge < -0.3 is 15.5 Å². The molecule has 62 heavy (non-hydrogen) atoms. The first-order chi connectivity index (χ1) is 30.7. The zero-order valence-corrected chi connectivity index (χ0v) is 41.1. The maximum Gasteiger partial charge on any atom is 0.220 e. The molecule has 0 bridgehead atoms. The van der Waals surface area contributed by atoms with E-state index in [1.165, 1.54) is 161 Å². The van der Waals surface area contributed by atoms with E-state index in [9.17, 15) is 15.0 Å². The van der Waals surface area contributed by atoms with Crippen molar-refractivity contribution in [1.82, 2.24) is 5.32 Å². The third kappa shape index (κ3) is 48.6. The van der Waals surface area contributed by atoms with Gasteiger partial charge in [-0.1, -0.05) is 272 Å². The maximum atomic E-state index is 12.4. The molecular weight excluding hydrogens is 759 g/mol. The molecule has 0 heterocycles. The first-order valence-corrected chi connectivity index (χ1v) is 26.8. The summed E-state index contributed by atoms with van der Waals surface area (Å²) in [6.45, 7) is 4.23. The van der Waals surface area contributed by atoms with Crippen LogP contribution in [-0.2, 0) is 4.79 Å². The molecule has 0 saturated heterocycles. The molecule has 0 fully saturated rings. The van der Waals surface area contributed by atoms with Crippen molar-refractivity contribution in [3.05, 3.63) is 85.1 Å². The van der Waals surface area contributed by atoms with Gasteiger partial charge in [0, 0.05) is 6.42 Å². The summed E-state index contributed by atoms with van der Waals surface area (Å²) in [5, 5.41) is 23.3. The summed E-state index contributed by atoms with van der Waals surface area (Å²) >= 11 is 0. The molecule has 0 aromatic carbocycles. The van der Waals surface area contributed by atoms with Gasteiger partial charge in [0.25, 0.3) is 0 Å². The van der Waals surface area contributed by atoms with Crippen molar-refractivity contribution in [2.75, 3.05) is 6.61 Å². The van der Waals surface area contributed by atoms with E-state index in [2.05, 4.69) is 104 Å². The van der Waals surface area contributed by atoms with E-state index in [1.54, 1.807) is 0 Å². The topological polar surface area (TPSA) is 69.6 Å².